The van der Waals surface area contributed by atoms with Gasteiger partial charge < -0.3 is 25.5 Å². The summed E-state index contributed by atoms with van der Waals surface area (Å²) in [6, 6.07) is -2.11. The number of rotatable bonds is 7. The van der Waals surface area contributed by atoms with Crippen molar-refractivity contribution >= 4 is 18.0 Å². The van der Waals surface area contributed by atoms with Gasteiger partial charge in [-0.2, -0.15) is 0 Å². The fraction of sp³-hybridized carbons (Fsp3) is 0.700. The standard InChI is InChI=1S/C10H16N2O6/c13-4-3-12(6-1-2-6)10(18)11-7(9(16)17)5-8(14)15/h6-7,13H,1-5H2,(H,11,18)(H,14,15)(H,16,17). The van der Waals surface area contributed by atoms with Gasteiger partial charge >= 0.3 is 18.0 Å². The fourth-order valence-corrected chi connectivity index (χ4v) is 1.55. The van der Waals surface area contributed by atoms with Crippen LogP contribution in [0.25, 0.3) is 0 Å². The first-order valence-corrected chi connectivity index (χ1v) is 5.58. The molecule has 8 heteroatoms. The number of carboxylic acids is 2. The van der Waals surface area contributed by atoms with E-state index in [4.69, 9.17) is 15.3 Å². The molecule has 0 aromatic rings. The van der Waals surface area contributed by atoms with Crippen LogP contribution in [0.2, 0.25) is 0 Å². The quantitative estimate of drug-likeness (QED) is 0.469. The second-order valence-corrected chi connectivity index (χ2v) is 4.09. The number of amides is 2. The molecule has 0 spiro atoms. The predicted molar refractivity (Wildman–Crippen MR) is 59.0 cm³/mol. The molecule has 18 heavy (non-hydrogen) atoms. The maximum absolute atomic E-state index is 11.8. The molecular formula is C10H16N2O6. The average Bonchev–Trinajstić information content (AvgIpc) is 3.07. The summed E-state index contributed by atoms with van der Waals surface area (Å²) in [7, 11) is 0. The Kier molecular flexibility index (Phi) is 4.90. The average molecular weight is 260 g/mol. The van der Waals surface area contributed by atoms with Crippen molar-refractivity contribution in [1.29, 1.82) is 0 Å². The van der Waals surface area contributed by atoms with Gasteiger partial charge in [-0.1, -0.05) is 0 Å². The minimum Gasteiger partial charge on any atom is -0.481 e. The SMILES string of the molecule is O=C(O)CC(NC(=O)N(CCO)C1CC1)C(=O)O. The van der Waals surface area contributed by atoms with Gasteiger partial charge in [0.2, 0.25) is 0 Å². The van der Waals surface area contributed by atoms with E-state index < -0.39 is 30.4 Å². The molecule has 8 nitrogen and oxygen atoms in total. The first kappa shape index (κ1) is 14.2. The van der Waals surface area contributed by atoms with Crippen LogP contribution < -0.4 is 5.32 Å². The van der Waals surface area contributed by atoms with Gasteiger partial charge in [0.1, 0.15) is 6.04 Å². The van der Waals surface area contributed by atoms with Crippen molar-refractivity contribution in [2.75, 3.05) is 13.2 Å². The van der Waals surface area contributed by atoms with Crippen LogP contribution in [-0.4, -0.2) is 63.4 Å². The Hall–Kier alpha value is -1.83. The van der Waals surface area contributed by atoms with Gasteiger partial charge in [0.15, 0.2) is 0 Å². The lowest BCUT2D eigenvalue weighted by Crippen LogP contribution is -2.50. The summed E-state index contributed by atoms with van der Waals surface area (Å²) in [4.78, 5) is 34.3. The van der Waals surface area contributed by atoms with E-state index in [-0.39, 0.29) is 19.2 Å². The van der Waals surface area contributed by atoms with Gasteiger partial charge in [0.05, 0.1) is 13.0 Å². The zero-order valence-electron chi connectivity index (χ0n) is 9.70. The molecule has 1 atom stereocenters. The zero-order chi connectivity index (χ0) is 13.7. The Bertz CT molecular complexity index is 341. The van der Waals surface area contributed by atoms with Crippen molar-refractivity contribution in [3.05, 3.63) is 0 Å². The number of nitrogens with zero attached hydrogens (tertiary/aromatic N) is 1. The predicted octanol–water partition coefficient (Wildman–Crippen LogP) is -0.919. The van der Waals surface area contributed by atoms with Crippen molar-refractivity contribution in [3.63, 3.8) is 0 Å². The fourth-order valence-electron chi connectivity index (χ4n) is 1.55. The lowest BCUT2D eigenvalue weighted by atomic mass is 10.2. The highest BCUT2D eigenvalue weighted by atomic mass is 16.4. The lowest BCUT2D eigenvalue weighted by Gasteiger charge is -2.23. The topological polar surface area (TPSA) is 127 Å². The lowest BCUT2D eigenvalue weighted by molar-refractivity contribution is -0.145. The third-order valence-electron chi connectivity index (χ3n) is 2.56. The van der Waals surface area contributed by atoms with Crippen LogP contribution in [-0.2, 0) is 9.59 Å². The Morgan fingerprint density at radius 1 is 1.28 bits per heavy atom. The molecule has 102 valence electrons. The number of aliphatic hydroxyl groups excluding tert-OH is 1. The number of carbonyl (C=O) groups excluding carboxylic acids is 1. The molecule has 1 unspecified atom stereocenters. The number of carboxylic acid groups (broad SMARTS) is 2. The summed E-state index contributed by atoms with van der Waals surface area (Å²) in [5.74, 6) is -2.70. The van der Waals surface area contributed by atoms with Crippen LogP contribution in [0.1, 0.15) is 19.3 Å². The van der Waals surface area contributed by atoms with E-state index >= 15 is 0 Å². The summed E-state index contributed by atoms with van der Waals surface area (Å²) < 4.78 is 0. The van der Waals surface area contributed by atoms with E-state index in [1.807, 2.05) is 0 Å². The molecule has 2 amide bonds. The van der Waals surface area contributed by atoms with Crippen molar-refractivity contribution in [2.45, 2.75) is 31.3 Å². The molecule has 1 saturated carbocycles. The third-order valence-corrected chi connectivity index (χ3v) is 2.56. The van der Waals surface area contributed by atoms with E-state index in [0.717, 1.165) is 12.8 Å². The molecule has 0 aromatic carbocycles. The number of hydrogen-bond acceptors (Lipinski definition) is 4. The largest absolute Gasteiger partial charge is 0.481 e. The van der Waals surface area contributed by atoms with Crippen molar-refractivity contribution in [3.8, 4) is 0 Å². The highest BCUT2D eigenvalue weighted by molar-refractivity contribution is 5.86. The Morgan fingerprint density at radius 2 is 1.89 bits per heavy atom. The third kappa shape index (κ3) is 4.21. The summed E-state index contributed by atoms with van der Waals surface area (Å²) in [6.45, 7) is -0.115. The molecule has 0 heterocycles. The minimum atomic E-state index is -1.46. The molecular weight excluding hydrogens is 244 g/mol. The molecule has 4 N–H and O–H groups in total. The van der Waals surface area contributed by atoms with Crippen LogP contribution in [0.5, 0.6) is 0 Å². The smallest absolute Gasteiger partial charge is 0.326 e. The number of aliphatic hydroxyl groups is 1. The van der Waals surface area contributed by atoms with Crippen molar-refractivity contribution in [1.82, 2.24) is 10.2 Å². The van der Waals surface area contributed by atoms with Gasteiger partial charge in [0.25, 0.3) is 0 Å². The van der Waals surface area contributed by atoms with Crippen LogP contribution in [0.15, 0.2) is 0 Å². The van der Waals surface area contributed by atoms with E-state index in [2.05, 4.69) is 5.32 Å². The number of carbonyl (C=O) groups is 3. The van der Waals surface area contributed by atoms with E-state index in [0.29, 0.717) is 0 Å². The first-order chi connectivity index (χ1) is 8.45. The molecule has 1 rings (SSSR count). The molecule has 0 bridgehead atoms. The van der Waals surface area contributed by atoms with Crippen LogP contribution in [0.3, 0.4) is 0 Å². The second kappa shape index (κ2) is 6.20. The highest BCUT2D eigenvalue weighted by Gasteiger charge is 2.34. The number of urea groups is 1. The molecule has 1 aliphatic carbocycles. The normalized spacial score (nSPS) is 15.8. The summed E-state index contributed by atoms with van der Waals surface area (Å²) in [5, 5.41) is 28.3. The van der Waals surface area contributed by atoms with Gasteiger partial charge in [-0.3, -0.25) is 4.79 Å². The van der Waals surface area contributed by atoms with Gasteiger partial charge in [0, 0.05) is 12.6 Å². The van der Waals surface area contributed by atoms with Crippen molar-refractivity contribution in [2.24, 2.45) is 0 Å². The summed E-state index contributed by atoms with van der Waals surface area (Å²) in [5.41, 5.74) is 0. The highest BCUT2D eigenvalue weighted by Crippen LogP contribution is 2.26. The Labute approximate surface area is 103 Å². The number of aliphatic carboxylic acids is 2. The van der Waals surface area contributed by atoms with Crippen LogP contribution >= 0.6 is 0 Å². The van der Waals surface area contributed by atoms with Gasteiger partial charge in [-0.25, -0.2) is 9.59 Å². The maximum atomic E-state index is 11.8. The van der Waals surface area contributed by atoms with E-state index in [1.54, 1.807) is 0 Å². The Morgan fingerprint density at radius 3 is 2.28 bits per heavy atom. The summed E-state index contributed by atoms with van der Waals surface area (Å²) >= 11 is 0. The number of nitrogens with one attached hydrogen (secondary N) is 1. The van der Waals surface area contributed by atoms with Crippen LogP contribution in [0.4, 0.5) is 4.79 Å². The zero-order valence-corrected chi connectivity index (χ0v) is 9.70. The number of hydrogen-bond donors (Lipinski definition) is 4. The molecule has 0 saturated heterocycles. The second-order valence-electron chi connectivity index (χ2n) is 4.09. The Balaban J connectivity index is 2.58. The first-order valence-electron chi connectivity index (χ1n) is 5.58. The maximum Gasteiger partial charge on any atom is 0.326 e. The van der Waals surface area contributed by atoms with Crippen molar-refractivity contribution < 1.29 is 29.7 Å². The molecule has 1 aliphatic rings. The monoisotopic (exact) mass is 260 g/mol. The van der Waals surface area contributed by atoms with Gasteiger partial charge in [-0.15, -0.1) is 0 Å². The summed E-state index contributed by atoms with van der Waals surface area (Å²) in [6.07, 6.45) is 0.937. The minimum absolute atomic E-state index is 0.0106. The van der Waals surface area contributed by atoms with Crippen LogP contribution in [0, 0.1) is 0 Å². The molecule has 0 aromatic heterocycles. The molecule has 1 fully saturated rings. The molecule has 0 radical (unpaired) electrons. The molecule has 0 aliphatic heterocycles. The van der Waals surface area contributed by atoms with E-state index in [9.17, 15) is 14.4 Å². The van der Waals surface area contributed by atoms with E-state index in [1.165, 1.54) is 4.90 Å². The van der Waals surface area contributed by atoms with Gasteiger partial charge in [-0.05, 0) is 12.8 Å².